The molecular formula is C20H36N4O4. The average Bonchev–Trinajstić information content (AvgIpc) is 2.66. The van der Waals surface area contributed by atoms with E-state index in [1.807, 2.05) is 25.7 Å². The number of hydrogen-bond acceptors (Lipinski definition) is 5. The van der Waals surface area contributed by atoms with E-state index >= 15 is 0 Å². The molecule has 0 aromatic heterocycles. The van der Waals surface area contributed by atoms with Crippen LogP contribution in [0.15, 0.2) is 0 Å². The van der Waals surface area contributed by atoms with Crippen LogP contribution in [0.5, 0.6) is 0 Å². The molecule has 2 heterocycles. The van der Waals surface area contributed by atoms with E-state index in [4.69, 9.17) is 4.74 Å². The van der Waals surface area contributed by atoms with E-state index in [2.05, 4.69) is 17.1 Å². The van der Waals surface area contributed by atoms with Crippen LogP contribution in [0.3, 0.4) is 0 Å². The Kier molecular flexibility index (Phi) is 8.10. The number of carbonyl (C=O) groups is 3. The van der Waals surface area contributed by atoms with Crippen molar-refractivity contribution < 1.29 is 19.1 Å². The first-order chi connectivity index (χ1) is 13.2. The van der Waals surface area contributed by atoms with Crippen molar-refractivity contribution in [2.24, 2.45) is 5.92 Å². The Morgan fingerprint density at radius 3 is 2.11 bits per heavy atom. The molecule has 0 radical (unpaired) electrons. The number of piperazine rings is 1. The third-order valence-electron chi connectivity index (χ3n) is 5.33. The van der Waals surface area contributed by atoms with E-state index in [1.54, 1.807) is 4.90 Å². The molecule has 0 aromatic rings. The maximum absolute atomic E-state index is 12.4. The zero-order valence-electron chi connectivity index (χ0n) is 17.8. The normalized spacial score (nSPS) is 19.4. The molecule has 8 heteroatoms. The van der Waals surface area contributed by atoms with Gasteiger partial charge >= 0.3 is 6.09 Å². The SMILES string of the molecule is CCN1CCN(C(=O)CCNC(=O)C2CCN(C(=O)OC(C)(C)C)CC2)CC1. The summed E-state index contributed by atoms with van der Waals surface area (Å²) in [5, 5.41) is 2.89. The number of nitrogens with zero attached hydrogens (tertiary/aromatic N) is 3. The molecular weight excluding hydrogens is 360 g/mol. The van der Waals surface area contributed by atoms with Crippen LogP contribution in [0.25, 0.3) is 0 Å². The molecule has 2 aliphatic rings. The van der Waals surface area contributed by atoms with E-state index in [1.165, 1.54) is 0 Å². The topological polar surface area (TPSA) is 82.2 Å². The van der Waals surface area contributed by atoms with E-state index in [0.29, 0.717) is 38.9 Å². The number of likely N-dealkylation sites (N-methyl/N-ethyl adjacent to an activating group) is 1. The van der Waals surface area contributed by atoms with Gasteiger partial charge in [0.15, 0.2) is 0 Å². The predicted molar refractivity (Wildman–Crippen MR) is 107 cm³/mol. The van der Waals surface area contributed by atoms with Crippen molar-refractivity contribution >= 4 is 17.9 Å². The second-order valence-electron chi connectivity index (χ2n) is 8.60. The number of rotatable bonds is 5. The molecule has 0 atom stereocenters. The van der Waals surface area contributed by atoms with Crippen molar-refractivity contribution in [3.05, 3.63) is 0 Å². The maximum Gasteiger partial charge on any atom is 0.410 e. The van der Waals surface area contributed by atoms with Gasteiger partial charge in [-0.15, -0.1) is 0 Å². The predicted octanol–water partition coefficient (Wildman–Crippen LogP) is 1.30. The fourth-order valence-electron chi connectivity index (χ4n) is 3.56. The van der Waals surface area contributed by atoms with Crippen LogP contribution >= 0.6 is 0 Å². The molecule has 0 spiro atoms. The summed E-state index contributed by atoms with van der Waals surface area (Å²) in [7, 11) is 0. The fourth-order valence-corrected chi connectivity index (χ4v) is 3.56. The molecule has 1 N–H and O–H groups in total. The quantitative estimate of drug-likeness (QED) is 0.758. The summed E-state index contributed by atoms with van der Waals surface area (Å²) in [6.45, 7) is 13.5. The molecule has 2 rings (SSSR count). The zero-order chi connectivity index (χ0) is 20.7. The number of likely N-dealkylation sites (tertiary alicyclic amines) is 1. The minimum Gasteiger partial charge on any atom is -0.444 e. The fraction of sp³-hybridized carbons (Fsp3) is 0.850. The van der Waals surface area contributed by atoms with Crippen LogP contribution in [0.4, 0.5) is 4.79 Å². The van der Waals surface area contributed by atoms with Crippen LogP contribution in [-0.4, -0.2) is 90.6 Å². The van der Waals surface area contributed by atoms with Gasteiger partial charge in [-0.05, 0) is 40.2 Å². The van der Waals surface area contributed by atoms with Gasteiger partial charge in [-0.25, -0.2) is 4.79 Å². The third-order valence-corrected chi connectivity index (χ3v) is 5.33. The molecule has 0 saturated carbocycles. The van der Waals surface area contributed by atoms with Crippen LogP contribution in [0.1, 0.15) is 47.0 Å². The van der Waals surface area contributed by atoms with Gasteiger partial charge in [0.05, 0.1) is 0 Å². The minimum atomic E-state index is -0.513. The van der Waals surface area contributed by atoms with Crippen molar-refractivity contribution in [3.63, 3.8) is 0 Å². The van der Waals surface area contributed by atoms with Crippen LogP contribution in [0, 0.1) is 5.92 Å². The molecule has 0 unspecified atom stereocenters. The standard InChI is InChI=1S/C20H36N4O4/c1-5-22-12-14-23(15-13-22)17(25)6-9-21-18(26)16-7-10-24(11-8-16)19(27)28-20(2,3)4/h16H,5-15H2,1-4H3,(H,21,26). The van der Waals surface area contributed by atoms with Crippen LogP contribution in [-0.2, 0) is 14.3 Å². The molecule has 2 saturated heterocycles. The summed E-state index contributed by atoms with van der Waals surface area (Å²) in [5.74, 6) is -0.0230. The zero-order valence-corrected chi connectivity index (χ0v) is 17.8. The van der Waals surface area contributed by atoms with Crippen LogP contribution in [0.2, 0.25) is 0 Å². The van der Waals surface area contributed by atoms with Crippen molar-refractivity contribution in [3.8, 4) is 0 Å². The van der Waals surface area contributed by atoms with Crippen molar-refractivity contribution in [1.82, 2.24) is 20.0 Å². The molecule has 0 bridgehead atoms. The third kappa shape index (κ3) is 6.96. The van der Waals surface area contributed by atoms with E-state index < -0.39 is 5.60 Å². The van der Waals surface area contributed by atoms with Gasteiger partial charge in [0, 0.05) is 58.2 Å². The Balaban J connectivity index is 1.64. The summed E-state index contributed by atoms with van der Waals surface area (Å²) >= 11 is 0. The molecule has 8 nitrogen and oxygen atoms in total. The molecule has 0 aromatic carbocycles. The number of carbonyl (C=O) groups excluding carboxylic acids is 3. The maximum atomic E-state index is 12.4. The number of amides is 3. The van der Waals surface area contributed by atoms with Gasteiger partial charge in [0.1, 0.15) is 5.60 Å². The lowest BCUT2D eigenvalue weighted by atomic mass is 9.96. The summed E-state index contributed by atoms with van der Waals surface area (Å²) in [5.41, 5.74) is -0.513. The molecule has 160 valence electrons. The second kappa shape index (κ2) is 10.1. The lowest BCUT2D eigenvalue weighted by molar-refractivity contribution is -0.133. The largest absolute Gasteiger partial charge is 0.444 e. The summed E-state index contributed by atoms with van der Waals surface area (Å²) in [6.07, 6.45) is 1.27. The van der Waals surface area contributed by atoms with Crippen molar-refractivity contribution in [2.75, 3.05) is 52.4 Å². The molecule has 2 fully saturated rings. The highest BCUT2D eigenvalue weighted by atomic mass is 16.6. The first-order valence-corrected chi connectivity index (χ1v) is 10.5. The second-order valence-corrected chi connectivity index (χ2v) is 8.60. The van der Waals surface area contributed by atoms with Crippen molar-refractivity contribution in [2.45, 2.75) is 52.6 Å². The van der Waals surface area contributed by atoms with Gasteiger partial charge in [0.25, 0.3) is 0 Å². The van der Waals surface area contributed by atoms with Gasteiger partial charge in [-0.2, -0.15) is 0 Å². The monoisotopic (exact) mass is 396 g/mol. The highest BCUT2D eigenvalue weighted by Gasteiger charge is 2.30. The van der Waals surface area contributed by atoms with Gasteiger partial charge in [0.2, 0.25) is 11.8 Å². The Morgan fingerprint density at radius 2 is 1.57 bits per heavy atom. The van der Waals surface area contributed by atoms with E-state index in [9.17, 15) is 14.4 Å². The van der Waals surface area contributed by atoms with Gasteiger partial charge in [-0.1, -0.05) is 6.92 Å². The summed E-state index contributed by atoms with van der Waals surface area (Å²) in [6, 6.07) is 0. The Bertz CT molecular complexity index is 545. The first kappa shape index (κ1) is 22.5. The number of nitrogens with one attached hydrogen (secondary N) is 1. The Morgan fingerprint density at radius 1 is 0.964 bits per heavy atom. The Labute approximate surface area is 168 Å². The van der Waals surface area contributed by atoms with Crippen LogP contribution < -0.4 is 5.32 Å². The Hall–Kier alpha value is -1.83. The molecule has 2 aliphatic heterocycles. The lowest BCUT2D eigenvalue weighted by Crippen LogP contribution is -2.49. The number of piperidine rings is 1. The highest BCUT2D eigenvalue weighted by molar-refractivity contribution is 5.81. The lowest BCUT2D eigenvalue weighted by Gasteiger charge is -2.34. The first-order valence-electron chi connectivity index (χ1n) is 10.5. The highest BCUT2D eigenvalue weighted by Crippen LogP contribution is 2.19. The number of ether oxygens (including phenoxy) is 1. The van der Waals surface area contributed by atoms with E-state index in [-0.39, 0.29) is 23.8 Å². The van der Waals surface area contributed by atoms with Gasteiger partial charge in [-0.3, -0.25) is 9.59 Å². The summed E-state index contributed by atoms with van der Waals surface area (Å²) in [4.78, 5) is 42.6. The molecule has 28 heavy (non-hydrogen) atoms. The minimum absolute atomic E-state index is 0.0209. The average molecular weight is 397 g/mol. The van der Waals surface area contributed by atoms with E-state index in [0.717, 1.165) is 32.7 Å². The molecule has 0 aliphatic carbocycles. The van der Waals surface area contributed by atoms with Gasteiger partial charge < -0.3 is 24.8 Å². The molecule has 3 amide bonds. The summed E-state index contributed by atoms with van der Waals surface area (Å²) < 4.78 is 5.38. The smallest absolute Gasteiger partial charge is 0.410 e. The van der Waals surface area contributed by atoms with Crippen molar-refractivity contribution in [1.29, 1.82) is 0 Å². The number of hydrogen-bond donors (Lipinski definition) is 1.